The second kappa shape index (κ2) is 9.11. The molecule has 2 N–H and O–H groups in total. The van der Waals surface area contributed by atoms with Crippen LogP contribution in [-0.4, -0.2) is 46.0 Å². The highest BCUT2D eigenvalue weighted by atomic mass is 35.5. The van der Waals surface area contributed by atoms with Crippen LogP contribution in [0.4, 0.5) is 10.5 Å². The summed E-state index contributed by atoms with van der Waals surface area (Å²) in [6.07, 6.45) is 1.19. The molecule has 1 aliphatic carbocycles. The van der Waals surface area contributed by atoms with Gasteiger partial charge in [-0.1, -0.05) is 0 Å². The third-order valence-corrected chi connectivity index (χ3v) is 7.19. The molecular formula is C18H25ClN2O6S. The van der Waals surface area contributed by atoms with E-state index in [4.69, 9.17) is 4.74 Å². The number of sulfone groups is 1. The number of carbonyl (C=O) groups excluding carboxylic acids is 2. The van der Waals surface area contributed by atoms with E-state index in [9.17, 15) is 18.0 Å². The fourth-order valence-electron chi connectivity index (χ4n) is 3.39. The van der Waals surface area contributed by atoms with Crippen LogP contribution in [0.15, 0.2) is 23.1 Å². The van der Waals surface area contributed by atoms with Gasteiger partial charge in [0, 0.05) is 11.7 Å². The topological polar surface area (TPSA) is 111 Å². The molecule has 1 heterocycles. The van der Waals surface area contributed by atoms with Crippen LogP contribution in [0, 0.1) is 5.92 Å². The first-order valence-electron chi connectivity index (χ1n) is 9.01. The Kier molecular flexibility index (Phi) is 7.30. The molecule has 3 rings (SSSR count). The van der Waals surface area contributed by atoms with Crippen LogP contribution in [0.5, 0.6) is 0 Å². The van der Waals surface area contributed by atoms with E-state index in [0.717, 1.165) is 0 Å². The Morgan fingerprint density at radius 1 is 1.25 bits per heavy atom. The fraction of sp³-hybridized carbons (Fsp3) is 0.556. The number of nitrogens with one attached hydrogen (secondary N) is 2. The molecule has 2 fully saturated rings. The quantitative estimate of drug-likeness (QED) is 0.664. The van der Waals surface area contributed by atoms with Crippen molar-refractivity contribution in [1.29, 1.82) is 0 Å². The number of halogens is 1. The second-order valence-corrected chi connectivity index (χ2v) is 8.89. The Bertz CT molecular complexity index is 840. The number of methoxy groups -OCH3 is 1. The molecule has 0 unspecified atom stereocenters. The summed E-state index contributed by atoms with van der Waals surface area (Å²) in [5, 5.41) is 5.39. The van der Waals surface area contributed by atoms with Gasteiger partial charge in [0.25, 0.3) is 0 Å². The summed E-state index contributed by atoms with van der Waals surface area (Å²) in [6.45, 7) is 2.57. The van der Waals surface area contributed by atoms with Crippen LogP contribution in [0.3, 0.4) is 0 Å². The zero-order valence-corrected chi connectivity index (χ0v) is 17.4. The van der Waals surface area contributed by atoms with Crippen molar-refractivity contribution in [1.82, 2.24) is 5.32 Å². The zero-order chi connectivity index (χ0) is 19.6. The third kappa shape index (κ3) is 4.59. The molecule has 1 aromatic carbocycles. The maximum atomic E-state index is 12.9. The number of carbonyl (C=O) groups is 2. The molecule has 0 bridgehead atoms. The van der Waals surface area contributed by atoms with Gasteiger partial charge in [-0.25, -0.2) is 13.2 Å². The predicted molar refractivity (Wildman–Crippen MR) is 105 cm³/mol. The lowest BCUT2D eigenvalue weighted by Crippen LogP contribution is -2.27. The lowest BCUT2D eigenvalue weighted by Gasteiger charge is -2.22. The van der Waals surface area contributed by atoms with Crippen LogP contribution >= 0.6 is 12.4 Å². The summed E-state index contributed by atoms with van der Waals surface area (Å²) in [5.74, 6) is -0.833. The van der Waals surface area contributed by atoms with Crippen molar-refractivity contribution in [2.75, 3.05) is 25.6 Å². The number of hydrogen-bond donors (Lipinski definition) is 2. The van der Waals surface area contributed by atoms with Gasteiger partial charge in [-0.3, -0.25) is 10.1 Å². The van der Waals surface area contributed by atoms with E-state index in [2.05, 4.69) is 15.4 Å². The summed E-state index contributed by atoms with van der Waals surface area (Å²) >= 11 is 0. The maximum Gasteiger partial charge on any atom is 0.411 e. The van der Waals surface area contributed by atoms with E-state index in [1.54, 1.807) is 13.0 Å². The number of amides is 1. The zero-order valence-electron chi connectivity index (χ0n) is 15.8. The molecule has 1 aromatic rings. The second-order valence-electron chi connectivity index (χ2n) is 6.69. The monoisotopic (exact) mass is 432 g/mol. The van der Waals surface area contributed by atoms with Gasteiger partial charge in [0.2, 0.25) is 0 Å². The minimum absolute atomic E-state index is 0. The van der Waals surface area contributed by atoms with E-state index in [1.165, 1.54) is 19.2 Å². The Morgan fingerprint density at radius 3 is 2.57 bits per heavy atom. The van der Waals surface area contributed by atoms with Gasteiger partial charge < -0.3 is 14.8 Å². The molecule has 1 amide bonds. The van der Waals surface area contributed by atoms with E-state index in [-0.39, 0.29) is 35.1 Å². The first kappa shape index (κ1) is 22.4. The fourth-order valence-corrected chi connectivity index (χ4v) is 5.28. The van der Waals surface area contributed by atoms with Crippen molar-refractivity contribution in [3.05, 3.63) is 23.8 Å². The highest BCUT2D eigenvalue weighted by Crippen LogP contribution is 2.40. The van der Waals surface area contributed by atoms with E-state index < -0.39 is 27.9 Å². The van der Waals surface area contributed by atoms with Gasteiger partial charge in [-0.05, 0) is 56.5 Å². The predicted octanol–water partition coefficient (Wildman–Crippen LogP) is 2.44. The summed E-state index contributed by atoms with van der Waals surface area (Å²) in [7, 11) is -2.23. The normalized spacial score (nSPS) is 21.5. The average molecular weight is 433 g/mol. The first-order valence-corrected chi connectivity index (χ1v) is 10.6. The molecule has 2 aliphatic rings. The van der Waals surface area contributed by atoms with Crippen molar-refractivity contribution >= 4 is 40.0 Å². The molecule has 10 heteroatoms. The number of esters is 1. The molecule has 0 spiro atoms. The van der Waals surface area contributed by atoms with Gasteiger partial charge in [-0.15, -0.1) is 12.4 Å². The summed E-state index contributed by atoms with van der Waals surface area (Å²) in [6, 6.07) is 4.13. The van der Waals surface area contributed by atoms with Crippen LogP contribution in [0.25, 0.3) is 0 Å². The SMILES string of the molecule is CCOC(=O)[C@H]1CCN[C@H]1c1cc(NC(=O)OC)ccc1S(=O)(=O)C1CC1.Cl. The third-order valence-electron chi connectivity index (χ3n) is 4.86. The van der Waals surface area contributed by atoms with Crippen molar-refractivity contribution in [3.8, 4) is 0 Å². The largest absolute Gasteiger partial charge is 0.466 e. The lowest BCUT2D eigenvalue weighted by molar-refractivity contribution is -0.148. The smallest absolute Gasteiger partial charge is 0.411 e. The van der Waals surface area contributed by atoms with Crippen molar-refractivity contribution in [2.45, 2.75) is 42.4 Å². The molecule has 156 valence electrons. The van der Waals surface area contributed by atoms with E-state index >= 15 is 0 Å². The first-order chi connectivity index (χ1) is 12.9. The number of benzene rings is 1. The minimum Gasteiger partial charge on any atom is -0.466 e. The standard InChI is InChI=1S/C18H24N2O6S.ClH/c1-3-26-17(21)13-8-9-19-16(13)14-10-11(20-18(22)25-2)4-7-15(14)27(23,24)12-5-6-12;/h4,7,10,12-13,16,19H,3,5-6,8-9H2,1-2H3,(H,20,22);1H/t13-,16+;/m0./s1. The molecule has 0 radical (unpaired) electrons. The Labute approximate surface area is 170 Å². The van der Waals surface area contributed by atoms with Gasteiger partial charge >= 0.3 is 12.1 Å². The number of anilines is 1. The van der Waals surface area contributed by atoms with Crippen LogP contribution in [0.1, 0.15) is 37.8 Å². The van der Waals surface area contributed by atoms with Crippen molar-refractivity contribution in [2.24, 2.45) is 5.92 Å². The van der Waals surface area contributed by atoms with Gasteiger partial charge in [0.15, 0.2) is 9.84 Å². The van der Waals surface area contributed by atoms with Crippen LogP contribution < -0.4 is 10.6 Å². The minimum atomic E-state index is -3.48. The molecule has 28 heavy (non-hydrogen) atoms. The molecular weight excluding hydrogens is 408 g/mol. The lowest BCUT2D eigenvalue weighted by atomic mass is 9.94. The molecule has 0 aromatic heterocycles. The molecule has 1 saturated heterocycles. The Morgan fingerprint density at radius 2 is 1.96 bits per heavy atom. The highest BCUT2D eigenvalue weighted by Gasteiger charge is 2.42. The van der Waals surface area contributed by atoms with Crippen LogP contribution in [-0.2, 0) is 24.1 Å². The molecule has 8 nitrogen and oxygen atoms in total. The van der Waals surface area contributed by atoms with Crippen molar-refractivity contribution in [3.63, 3.8) is 0 Å². The van der Waals surface area contributed by atoms with E-state index in [1.807, 2.05) is 0 Å². The Balaban J connectivity index is 0.00000280. The number of rotatable bonds is 6. The Hall–Kier alpha value is -1.84. The van der Waals surface area contributed by atoms with Gasteiger partial charge in [0.05, 0.1) is 29.8 Å². The molecule has 1 saturated carbocycles. The number of hydrogen-bond acceptors (Lipinski definition) is 7. The van der Waals surface area contributed by atoms with Crippen LogP contribution in [0.2, 0.25) is 0 Å². The van der Waals surface area contributed by atoms with E-state index in [0.29, 0.717) is 37.1 Å². The molecule has 2 atom stereocenters. The summed E-state index contributed by atoms with van der Waals surface area (Å²) in [4.78, 5) is 24.1. The van der Waals surface area contributed by atoms with Gasteiger partial charge in [-0.2, -0.15) is 0 Å². The van der Waals surface area contributed by atoms with Gasteiger partial charge in [0.1, 0.15) is 0 Å². The highest BCUT2D eigenvalue weighted by molar-refractivity contribution is 7.92. The molecule has 1 aliphatic heterocycles. The maximum absolute atomic E-state index is 12.9. The van der Waals surface area contributed by atoms with Crippen molar-refractivity contribution < 1.29 is 27.5 Å². The summed E-state index contributed by atoms with van der Waals surface area (Å²) < 4.78 is 35.6. The number of ether oxygens (including phenoxy) is 2. The summed E-state index contributed by atoms with van der Waals surface area (Å²) in [5.41, 5.74) is 0.884. The average Bonchev–Trinajstić information content (AvgIpc) is 3.39.